The second-order valence-electron chi connectivity index (χ2n) is 5.04. The van der Waals surface area contributed by atoms with Gasteiger partial charge in [0.25, 0.3) is 0 Å². The van der Waals surface area contributed by atoms with E-state index >= 15 is 0 Å². The van der Waals surface area contributed by atoms with E-state index in [1.54, 1.807) is 12.1 Å². The fourth-order valence-corrected chi connectivity index (χ4v) is 2.23. The number of para-hydroxylation sites is 1. The minimum Gasteiger partial charge on any atom is -0.405 e. The minimum atomic E-state index is -4.68. The Bertz CT molecular complexity index is 454. The van der Waals surface area contributed by atoms with Crippen LogP contribution in [0.15, 0.2) is 24.3 Å². The molecule has 0 amide bonds. The Kier molecular flexibility index (Phi) is 5.44. The summed E-state index contributed by atoms with van der Waals surface area (Å²) >= 11 is 0. The number of nitrogens with zero attached hydrogens (tertiary/aromatic N) is 1. The van der Waals surface area contributed by atoms with Crippen molar-refractivity contribution >= 4 is 0 Å². The summed E-state index contributed by atoms with van der Waals surface area (Å²) in [6.07, 6.45) is -4.62. The van der Waals surface area contributed by atoms with Gasteiger partial charge in [0.15, 0.2) is 0 Å². The predicted octanol–water partition coefficient (Wildman–Crippen LogP) is 2.01. The third kappa shape index (κ3) is 5.53. The van der Waals surface area contributed by atoms with E-state index in [4.69, 9.17) is 4.74 Å². The van der Waals surface area contributed by atoms with Crippen LogP contribution >= 0.6 is 0 Å². The van der Waals surface area contributed by atoms with Crippen LogP contribution in [0.2, 0.25) is 0 Å². The second kappa shape index (κ2) is 7.11. The van der Waals surface area contributed by atoms with Crippen molar-refractivity contribution in [3.8, 4) is 5.75 Å². The van der Waals surface area contributed by atoms with Crippen LogP contribution in [0.25, 0.3) is 0 Å². The average molecular weight is 304 g/mol. The number of nitrogens with one attached hydrogen (secondary N) is 1. The number of rotatable bonds is 5. The summed E-state index contributed by atoms with van der Waals surface area (Å²) < 4.78 is 46.5. The van der Waals surface area contributed by atoms with E-state index in [-0.39, 0.29) is 11.9 Å². The lowest BCUT2D eigenvalue weighted by atomic mass is 10.2. The first-order chi connectivity index (χ1) is 9.94. The fourth-order valence-electron chi connectivity index (χ4n) is 2.23. The minimum absolute atomic E-state index is 0.0550. The molecule has 0 aromatic heterocycles. The molecule has 0 aliphatic carbocycles. The van der Waals surface area contributed by atoms with Crippen LogP contribution in [0, 0.1) is 0 Å². The Balaban J connectivity index is 1.85. The summed E-state index contributed by atoms with van der Waals surface area (Å²) in [7, 11) is 2.02. The maximum absolute atomic E-state index is 12.3. The summed E-state index contributed by atoms with van der Waals surface area (Å²) in [6.45, 7) is 3.28. The molecule has 0 saturated carbocycles. The van der Waals surface area contributed by atoms with E-state index in [0.29, 0.717) is 25.3 Å². The van der Waals surface area contributed by atoms with Crippen molar-refractivity contribution in [1.82, 2.24) is 10.2 Å². The number of benzene rings is 1. The average Bonchev–Trinajstić information content (AvgIpc) is 2.39. The third-order valence-electron chi connectivity index (χ3n) is 3.23. The van der Waals surface area contributed by atoms with Crippen LogP contribution in [0.4, 0.5) is 13.2 Å². The van der Waals surface area contributed by atoms with E-state index in [9.17, 15) is 13.2 Å². The molecule has 1 aromatic carbocycles. The van der Waals surface area contributed by atoms with Gasteiger partial charge in [-0.3, -0.25) is 0 Å². The molecule has 1 fully saturated rings. The fraction of sp³-hybridized carbons (Fsp3) is 0.571. The first-order valence-corrected chi connectivity index (χ1v) is 6.78. The number of likely N-dealkylation sites (N-methyl/N-ethyl adjacent to an activating group) is 1. The summed E-state index contributed by atoms with van der Waals surface area (Å²) in [4.78, 5) is 2.16. The largest absolute Gasteiger partial charge is 0.573 e. The highest BCUT2D eigenvalue weighted by Crippen LogP contribution is 2.26. The molecule has 0 spiro atoms. The molecule has 21 heavy (non-hydrogen) atoms. The van der Waals surface area contributed by atoms with Crippen molar-refractivity contribution in [3.63, 3.8) is 0 Å². The molecule has 0 bridgehead atoms. The summed E-state index contributed by atoms with van der Waals surface area (Å²) in [5.41, 5.74) is 0.471. The lowest BCUT2D eigenvalue weighted by Gasteiger charge is -2.30. The maximum atomic E-state index is 12.3. The zero-order valence-corrected chi connectivity index (χ0v) is 11.8. The van der Waals surface area contributed by atoms with E-state index in [1.807, 2.05) is 7.05 Å². The molecule has 4 nitrogen and oxygen atoms in total. The van der Waals surface area contributed by atoms with Gasteiger partial charge in [0.2, 0.25) is 0 Å². The number of ether oxygens (including phenoxy) is 2. The molecule has 1 atom stereocenters. The molecule has 7 heteroatoms. The van der Waals surface area contributed by atoms with Crippen molar-refractivity contribution < 1.29 is 22.6 Å². The first kappa shape index (κ1) is 16.1. The zero-order chi connectivity index (χ0) is 15.3. The molecule has 1 aromatic rings. The Labute approximate surface area is 121 Å². The summed E-state index contributed by atoms with van der Waals surface area (Å²) in [5.74, 6) is -0.167. The van der Waals surface area contributed by atoms with Gasteiger partial charge in [-0.1, -0.05) is 18.2 Å². The van der Waals surface area contributed by atoms with Crippen molar-refractivity contribution in [2.24, 2.45) is 0 Å². The third-order valence-corrected chi connectivity index (χ3v) is 3.23. The van der Waals surface area contributed by atoms with Crippen molar-refractivity contribution in [3.05, 3.63) is 29.8 Å². The lowest BCUT2D eigenvalue weighted by Crippen LogP contribution is -2.44. The second-order valence-corrected chi connectivity index (χ2v) is 5.04. The summed E-state index contributed by atoms with van der Waals surface area (Å²) in [5, 5.41) is 3.12. The van der Waals surface area contributed by atoms with E-state index in [0.717, 1.165) is 13.1 Å². The quantitative estimate of drug-likeness (QED) is 0.902. The van der Waals surface area contributed by atoms with Gasteiger partial charge in [0.05, 0.1) is 12.7 Å². The molecule has 1 saturated heterocycles. The van der Waals surface area contributed by atoms with Gasteiger partial charge in [-0.15, -0.1) is 13.2 Å². The Hall–Kier alpha value is -1.31. The molecule has 118 valence electrons. The molecule has 1 aliphatic heterocycles. The molecule has 1 heterocycles. The topological polar surface area (TPSA) is 33.7 Å². The normalized spacial score (nSPS) is 20.5. The highest BCUT2D eigenvalue weighted by molar-refractivity contribution is 5.33. The van der Waals surface area contributed by atoms with Crippen LogP contribution in [-0.2, 0) is 11.3 Å². The van der Waals surface area contributed by atoms with Crippen LogP contribution in [0.5, 0.6) is 5.75 Å². The summed E-state index contributed by atoms with van der Waals surface area (Å²) in [6, 6.07) is 6.13. The Morgan fingerprint density at radius 2 is 2.14 bits per heavy atom. The molecule has 1 unspecified atom stereocenters. The van der Waals surface area contributed by atoms with Gasteiger partial charge in [-0.25, -0.2) is 0 Å². The van der Waals surface area contributed by atoms with Crippen LogP contribution in [0.3, 0.4) is 0 Å². The standard InChI is InChI=1S/C14H19F3N2O2/c1-19-6-7-20-12(10-19)9-18-8-11-4-2-3-5-13(11)21-14(15,16)17/h2-5,12,18H,6-10H2,1H3. The number of alkyl halides is 3. The van der Waals surface area contributed by atoms with E-state index < -0.39 is 6.36 Å². The number of halogens is 3. The number of hydrogen-bond acceptors (Lipinski definition) is 4. The Morgan fingerprint density at radius 1 is 1.38 bits per heavy atom. The molecule has 1 aliphatic rings. The highest BCUT2D eigenvalue weighted by atomic mass is 19.4. The van der Waals surface area contributed by atoms with Gasteiger partial charge in [0.1, 0.15) is 5.75 Å². The van der Waals surface area contributed by atoms with Crippen molar-refractivity contribution in [2.75, 3.05) is 33.3 Å². The van der Waals surface area contributed by atoms with Crippen LogP contribution in [0.1, 0.15) is 5.56 Å². The van der Waals surface area contributed by atoms with Gasteiger partial charge in [-0.05, 0) is 13.1 Å². The van der Waals surface area contributed by atoms with Crippen molar-refractivity contribution in [1.29, 1.82) is 0 Å². The van der Waals surface area contributed by atoms with E-state index in [1.165, 1.54) is 12.1 Å². The van der Waals surface area contributed by atoms with Gasteiger partial charge < -0.3 is 19.7 Å². The SMILES string of the molecule is CN1CCOC(CNCc2ccccc2OC(F)(F)F)C1. The van der Waals surface area contributed by atoms with Crippen molar-refractivity contribution in [2.45, 2.75) is 19.0 Å². The molecule has 2 rings (SSSR count). The van der Waals surface area contributed by atoms with Gasteiger partial charge >= 0.3 is 6.36 Å². The molecular formula is C14H19F3N2O2. The Morgan fingerprint density at radius 3 is 2.86 bits per heavy atom. The monoisotopic (exact) mass is 304 g/mol. The predicted molar refractivity (Wildman–Crippen MR) is 72.1 cm³/mol. The molecule has 1 N–H and O–H groups in total. The van der Waals surface area contributed by atoms with Gasteiger partial charge in [-0.2, -0.15) is 0 Å². The smallest absolute Gasteiger partial charge is 0.405 e. The van der Waals surface area contributed by atoms with E-state index in [2.05, 4.69) is 15.0 Å². The molecule has 0 radical (unpaired) electrons. The zero-order valence-electron chi connectivity index (χ0n) is 11.8. The van der Waals surface area contributed by atoms with Crippen LogP contribution in [-0.4, -0.2) is 50.7 Å². The maximum Gasteiger partial charge on any atom is 0.573 e. The molecular weight excluding hydrogens is 285 g/mol. The number of morpholine rings is 1. The number of hydrogen-bond donors (Lipinski definition) is 1. The van der Waals surface area contributed by atoms with Gasteiger partial charge in [0, 0.05) is 31.7 Å². The lowest BCUT2D eigenvalue weighted by molar-refractivity contribution is -0.274. The highest BCUT2D eigenvalue weighted by Gasteiger charge is 2.31. The first-order valence-electron chi connectivity index (χ1n) is 6.78. The van der Waals surface area contributed by atoms with Crippen LogP contribution < -0.4 is 10.1 Å².